The summed E-state index contributed by atoms with van der Waals surface area (Å²) < 4.78 is 5.61. The zero-order valence-corrected chi connectivity index (χ0v) is 10.6. The lowest BCUT2D eigenvalue weighted by atomic mass is 10.1. The summed E-state index contributed by atoms with van der Waals surface area (Å²) in [6, 6.07) is 3.92. The van der Waals surface area contributed by atoms with Crippen LogP contribution >= 0.6 is 11.6 Å². The molecule has 0 unspecified atom stereocenters. The van der Waals surface area contributed by atoms with Crippen molar-refractivity contribution in [2.45, 2.75) is 13.8 Å². The Morgan fingerprint density at radius 2 is 2.00 bits per heavy atom. The third-order valence-electron chi connectivity index (χ3n) is 2.25. The van der Waals surface area contributed by atoms with Gasteiger partial charge in [-0.2, -0.15) is 0 Å². The van der Waals surface area contributed by atoms with Crippen LogP contribution in [0.1, 0.15) is 11.1 Å². The van der Waals surface area contributed by atoms with Crippen molar-refractivity contribution >= 4 is 11.6 Å². The number of aryl methyl sites for hydroxylation is 2. The summed E-state index contributed by atoms with van der Waals surface area (Å²) in [5.41, 5.74) is 2.10. The molecule has 0 fully saturated rings. The Morgan fingerprint density at radius 1 is 1.38 bits per heavy atom. The van der Waals surface area contributed by atoms with E-state index in [4.69, 9.17) is 16.3 Å². The molecule has 0 heterocycles. The summed E-state index contributed by atoms with van der Waals surface area (Å²) >= 11 is 6.07. The SMILES string of the molecule is C=CCNCCOc1cc(C)c(Cl)c(C)c1. The van der Waals surface area contributed by atoms with Crippen molar-refractivity contribution in [1.82, 2.24) is 5.32 Å². The molecule has 1 aromatic rings. The fourth-order valence-electron chi connectivity index (χ4n) is 1.43. The van der Waals surface area contributed by atoms with Gasteiger partial charge in [-0.3, -0.25) is 0 Å². The first kappa shape index (κ1) is 13.1. The third-order valence-corrected chi connectivity index (χ3v) is 2.84. The Bertz CT molecular complexity index is 340. The van der Waals surface area contributed by atoms with Crippen molar-refractivity contribution in [2.24, 2.45) is 0 Å². The quantitative estimate of drug-likeness (QED) is 0.609. The molecule has 3 heteroatoms. The van der Waals surface area contributed by atoms with E-state index >= 15 is 0 Å². The third kappa shape index (κ3) is 3.87. The first-order valence-corrected chi connectivity index (χ1v) is 5.74. The second kappa shape index (κ2) is 6.56. The van der Waals surface area contributed by atoms with Gasteiger partial charge in [0.05, 0.1) is 0 Å². The number of ether oxygens (including phenoxy) is 1. The molecule has 0 aliphatic heterocycles. The van der Waals surface area contributed by atoms with Crippen LogP contribution in [0.25, 0.3) is 0 Å². The first-order chi connectivity index (χ1) is 7.65. The molecule has 0 atom stereocenters. The average molecular weight is 240 g/mol. The van der Waals surface area contributed by atoms with E-state index in [1.165, 1.54) is 0 Å². The highest BCUT2D eigenvalue weighted by molar-refractivity contribution is 6.32. The van der Waals surface area contributed by atoms with Gasteiger partial charge in [0.1, 0.15) is 12.4 Å². The number of nitrogens with one attached hydrogen (secondary N) is 1. The molecule has 0 aromatic heterocycles. The maximum atomic E-state index is 6.07. The van der Waals surface area contributed by atoms with Crippen LogP contribution in [0, 0.1) is 13.8 Å². The van der Waals surface area contributed by atoms with Gasteiger partial charge in [0, 0.05) is 18.1 Å². The van der Waals surface area contributed by atoms with Gasteiger partial charge >= 0.3 is 0 Å². The topological polar surface area (TPSA) is 21.3 Å². The summed E-state index contributed by atoms with van der Waals surface area (Å²) in [5.74, 6) is 0.875. The van der Waals surface area contributed by atoms with E-state index in [1.807, 2.05) is 32.1 Å². The van der Waals surface area contributed by atoms with Crippen LogP contribution < -0.4 is 10.1 Å². The second-order valence-electron chi connectivity index (χ2n) is 3.71. The van der Waals surface area contributed by atoms with E-state index in [0.717, 1.165) is 35.0 Å². The highest BCUT2D eigenvalue weighted by atomic mass is 35.5. The standard InChI is InChI=1S/C13H18ClNO/c1-4-5-15-6-7-16-12-8-10(2)13(14)11(3)9-12/h4,8-9,15H,1,5-7H2,2-3H3. The zero-order chi connectivity index (χ0) is 12.0. The zero-order valence-electron chi connectivity index (χ0n) is 9.85. The summed E-state index contributed by atoms with van der Waals surface area (Å²) in [6.45, 7) is 9.87. The fraction of sp³-hybridized carbons (Fsp3) is 0.385. The highest BCUT2D eigenvalue weighted by Crippen LogP contribution is 2.25. The van der Waals surface area contributed by atoms with Crippen LogP contribution in [0.5, 0.6) is 5.75 Å². The second-order valence-corrected chi connectivity index (χ2v) is 4.09. The molecule has 0 saturated carbocycles. The normalized spacial score (nSPS) is 10.2. The minimum atomic E-state index is 0.647. The lowest BCUT2D eigenvalue weighted by Crippen LogP contribution is -2.20. The first-order valence-electron chi connectivity index (χ1n) is 5.36. The Balaban J connectivity index is 2.45. The Kier molecular flexibility index (Phi) is 5.36. The summed E-state index contributed by atoms with van der Waals surface area (Å²) in [6.07, 6.45) is 1.83. The van der Waals surface area contributed by atoms with E-state index in [9.17, 15) is 0 Å². The molecule has 0 spiro atoms. The maximum absolute atomic E-state index is 6.07. The van der Waals surface area contributed by atoms with Crippen molar-refractivity contribution in [3.8, 4) is 5.75 Å². The van der Waals surface area contributed by atoms with E-state index < -0.39 is 0 Å². The van der Waals surface area contributed by atoms with Crippen LogP contribution in [0.15, 0.2) is 24.8 Å². The fourth-order valence-corrected chi connectivity index (χ4v) is 1.54. The molecule has 0 radical (unpaired) electrons. The van der Waals surface area contributed by atoms with Gasteiger partial charge in [-0.1, -0.05) is 17.7 Å². The van der Waals surface area contributed by atoms with Crippen molar-refractivity contribution in [3.05, 3.63) is 40.9 Å². The number of rotatable bonds is 6. The highest BCUT2D eigenvalue weighted by Gasteiger charge is 2.02. The van der Waals surface area contributed by atoms with Gasteiger partial charge < -0.3 is 10.1 Å². The Labute approximate surface area is 102 Å². The van der Waals surface area contributed by atoms with Crippen molar-refractivity contribution in [3.63, 3.8) is 0 Å². The van der Waals surface area contributed by atoms with Gasteiger partial charge in [0.2, 0.25) is 0 Å². The molecule has 1 aromatic carbocycles. The maximum Gasteiger partial charge on any atom is 0.119 e. The lowest BCUT2D eigenvalue weighted by Gasteiger charge is -2.10. The van der Waals surface area contributed by atoms with Crippen LogP contribution in [-0.4, -0.2) is 19.7 Å². The predicted molar refractivity (Wildman–Crippen MR) is 69.5 cm³/mol. The van der Waals surface area contributed by atoms with Crippen LogP contribution in [0.3, 0.4) is 0 Å². The number of hydrogen-bond donors (Lipinski definition) is 1. The molecule has 0 amide bonds. The van der Waals surface area contributed by atoms with Crippen LogP contribution in [0.2, 0.25) is 5.02 Å². The molecule has 16 heavy (non-hydrogen) atoms. The number of halogens is 1. The molecule has 0 aliphatic rings. The minimum absolute atomic E-state index is 0.647. The van der Waals surface area contributed by atoms with Gasteiger partial charge in [0.25, 0.3) is 0 Å². The van der Waals surface area contributed by atoms with Gasteiger partial charge in [-0.25, -0.2) is 0 Å². The van der Waals surface area contributed by atoms with Gasteiger partial charge in [0.15, 0.2) is 0 Å². The van der Waals surface area contributed by atoms with Crippen LogP contribution in [-0.2, 0) is 0 Å². The van der Waals surface area contributed by atoms with E-state index in [-0.39, 0.29) is 0 Å². The summed E-state index contributed by atoms with van der Waals surface area (Å²) in [4.78, 5) is 0. The molecule has 88 valence electrons. The van der Waals surface area contributed by atoms with Crippen molar-refractivity contribution < 1.29 is 4.74 Å². The van der Waals surface area contributed by atoms with Crippen molar-refractivity contribution in [1.29, 1.82) is 0 Å². The van der Waals surface area contributed by atoms with E-state index in [1.54, 1.807) is 0 Å². The Morgan fingerprint density at radius 3 is 2.56 bits per heavy atom. The largest absolute Gasteiger partial charge is 0.492 e. The molecular weight excluding hydrogens is 222 g/mol. The van der Waals surface area contributed by atoms with Crippen LogP contribution in [0.4, 0.5) is 0 Å². The smallest absolute Gasteiger partial charge is 0.119 e. The molecular formula is C13H18ClNO. The minimum Gasteiger partial charge on any atom is -0.492 e. The van der Waals surface area contributed by atoms with E-state index in [2.05, 4.69) is 11.9 Å². The summed E-state index contributed by atoms with van der Waals surface area (Å²) in [7, 11) is 0. The molecule has 2 nitrogen and oxygen atoms in total. The molecule has 0 aliphatic carbocycles. The Hall–Kier alpha value is -0.990. The molecule has 1 N–H and O–H groups in total. The molecule has 1 rings (SSSR count). The van der Waals surface area contributed by atoms with Gasteiger partial charge in [-0.05, 0) is 37.1 Å². The average Bonchev–Trinajstić information content (AvgIpc) is 2.25. The summed E-state index contributed by atoms with van der Waals surface area (Å²) in [5, 5.41) is 3.99. The molecule has 0 bridgehead atoms. The van der Waals surface area contributed by atoms with E-state index in [0.29, 0.717) is 6.61 Å². The lowest BCUT2D eigenvalue weighted by molar-refractivity contribution is 0.316. The van der Waals surface area contributed by atoms with Crippen molar-refractivity contribution in [2.75, 3.05) is 19.7 Å². The number of benzene rings is 1. The number of hydrogen-bond acceptors (Lipinski definition) is 2. The molecule has 0 saturated heterocycles. The van der Waals surface area contributed by atoms with Gasteiger partial charge in [-0.15, -0.1) is 6.58 Å². The predicted octanol–water partition coefficient (Wildman–Crippen LogP) is 3.11. The monoisotopic (exact) mass is 239 g/mol.